The highest BCUT2D eigenvalue weighted by Crippen LogP contribution is 2.34. The molecule has 1 saturated carbocycles. The molecule has 1 N–H and O–H groups in total. The van der Waals surface area contributed by atoms with Gasteiger partial charge in [-0.25, -0.2) is 0 Å². The summed E-state index contributed by atoms with van der Waals surface area (Å²) in [4.78, 5) is 5.41. The molecule has 3 heteroatoms. The van der Waals surface area contributed by atoms with Gasteiger partial charge in [0.1, 0.15) is 0 Å². The van der Waals surface area contributed by atoms with E-state index < -0.39 is 0 Å². The van der Waals surface area contributed by atoms with Crippen molar-refractivity contribution in [2.45, 2.75) is 57.2 Å². The van der Waals surface area contributed by atoms with E-state index in [1.807, 2.05) is 0 Å². The van der Waals surface area contributed by atoms with E-state index in [0.717, 1.165) is 24.0 Å². The lowest BCUT2D eigenvalue weighted by molar-refractivity contribution is 0.183. The van der Waals surface area contributed by atoms with Gasteiger partial charge in [0, 0.05) is 31.2 Å². The molecule has 0 radical (unpaired) electrons. The monoisotopic (exact) mass is 251 g/mol. The Labute approximate surface area is 112 Å². The summed E-state index contributed by atoms with van der Waals surface area (Å²) in [5, 5.41) is 3.54. The van der Waals surface area contributed by atoms with Crippen molar-refractivity contribution in [1.82, 2.24) is 15.1 Å². The molecule has 3 rings (SSSR count). The first-order valence-corrected chi connectivity index (χ1v) is 7.90. The molecule has 0 spiro atoms. The van der Waals surface area contributed by atoms with Crippen molar-refractivity contribution in [3.05, 3.63) is 0 Å². The predicted octanol–water partition coefficient (Wildman–Crippen LogP) is 1.54. The summed E-state index contributed by atoms with van der Waals surface area (Å²) in [5.74, 6) is 0.883. The van der Waals surface area contributed by atoms with Crippen LogP contribution in [0, 0.1) is 5.92 Å². The minimum atomic E-state index is 0.808. The van der Waals surface area contributed by atoms with E-state index in [1.165, 1.54) is 58.3 Å². The minimum absolute atomic E-state index is 0.808. The maximum absolute atomic E-state index is 3.54. The minimum Gasteiger partial charge on any atom is -0.316 e. The van der Waals surface area contributed by atoms with Crippen LogP contribution in [-0.2, 0) is 0 Å². The van der Waals surface area contributed by atoms with Crippen LogP contribution in [0.25, 0.3) is 0 Å². The molecule has 3 unspecified atom stereocenters. The van der Waals surface area contributed by atoms with Gasteiger partial charge in [0.25, 0.3) is 0 Å². The lowest BCUT2D eigenvalue weighted by atomic mass is 9.98. The molecule has 18 heavy (non-hydrogen) atoms. The van der Waals surface area contributed by atoms with Gasteiger partial charge in [-0.2, -0.15) is 0 Å². The molecule has 3 fully saturated rings. The third-order valence-electron chi connectivity index (χ3n) is 5.19. The van der Waals surface area contributed by atoms with Crippen LogP contribution >= 0.6 is 0 Å². The molecule has 2 heterocycles. The topological polar surface area (TPSA) is 18.5 Å². The van der Waals surface area contributed by atoms with E-state index in [2.05, 4.69) is 29.1 Å². The quantitative estimate of drug-likeness (QED) is 0.818. The molecular weight excluding hydrogens is 222 g/mol. The first-order valence-electron chi connectivity index (χ1n) is 7.90. The Morgan fingerprint density at radius 2 is 2.11 bits per heavy atom. The zero-order valence-electron chi connectivity index (χ0n) is 12.1. The number of likely N-dealkylation sites (tertiary alicyclic amines) is 1. The van der Waals surface area contributed by atoms with Crippen LogP contribution in [-0.4, -0.2) is 61.2 Å². The van der Waals surface area contributed by atoms with E-state index in [0.29, 0.717) is 0 Å². The normalized spacial score (nSPS) is 38.5. The largest absolute Gasteiger partial charge is 0.316 e. The summed E-state index contributed by atoms with van der Waals surface area (Å²) in [6.07, 6.45) is 7.08. The molecule has 0 aromatic rings. The zero-order valence-corrected chi connectivity index (χ0v) is 12.1. The Morgan fingerprint density at radius 1 is 1.28 bits per heavy atom. The number of piperidine rings is 1. The lowest BCUT2D eigenvalue weighted by Crippen LogP contribution is -2.42. The van der Waals surface area contributed by atoms with Crippen LogP contribution in [0.5, 0.6) is 0 Å². The molecule has 0 aromatic heterocycles. The van der Waals surface area contributed by atoms with E-state index in [1.54, 1.807) is 0 Å². The lowest BCUT2D eigenvalue weighted by Gasteiger charge is -2.31. The fourth-order valence-electron chi connectivity index (χ4n) is 3.90. The van der Waals surface area contributed by atoms with Crippen molar-refractivity contribution >= 4 is 0 Å². The molecule has 3 atom stereocenters. The number of hydrogen-bond acceptors (Lipinski definition) is 3. The van der Waals surface area contributed by atoms with Crippen LogP contribution in [0.1, 0.15) is 39.0 Å². The van der Waals surface area contributed by atoms with Gasteiger partial charge in [0.2, 0.25) is 0 Å². The van der Waals surface area contributed by atoms with Crippen molar-refractivity contribution in [2.24, 2.45) is 5.92 Å². The fraction of sp³-hybridized carbons (Fsp3) is 1.00. The second-order valence-corrected chi connectivity index (χ2v) is 6.82. The van der Waals surface area contributed by atoms with Crippen molar-refractivity contribution in [3.8, 4) is 0 Å². The molecule has 3 aliphatic rings. The number of rotatable bonds is 4. The van der Waals surface area contributed by atoms with E-state index in [9.17, 15) is 0 Å². The number of nitrogens with one attached hydrogen (secondary N) is 1. The number of hydrogen-bond donors (Lipinski definition) is 1. The van der Waals surface area contributed by atoms with Gasteiger partial charge in [0.05, 0.1) is 0 Å². The van der Waals surface area contributed by atoms with Crippen LogP contribution in [0.4, 0.5) is 0 Å². The summed E-state index contributed by atoms with van der Waals surface area (Å²) < 4.78 is 0. The Kier molecular flexibility index (Phi) is 3.92. The molecule has 2 aliphatic heterocycles. The molecule has 0 aromatic carbocycles. The molecule has 0 amide bonds. The molecule has 2 saturated heterocycles. The zero-order chi connectivity index (χ0) is 12.5. The second kappa shape index (κ2) is 5.48. The molecule has 104 valence electrons. The average molecular weight is 251 g/mol. The Bertz CT molecular complexity index is 271. The highest BCUT2D eigenvalue weighted by atomic mass is 15.3. The number of nitrogens with zero attached hydrogens (tertiary/aromatic N) is 2. The van der Waals surface area contributed by atoms with Crippen LogP contribution in [0.2, 0.25) is 0 Å². The van der Waals surface area contributed by atoms with E-state index in [4.69, 9.17) is 0 Å². The molecular formula is C15H29N3. The SMILES string of the molecule is CC1CC(N(C)CC2CCCNC2)CN1C1CC1. The molecule has 1 aliphatic carbocycles. The van der Waals surface area contributed by atoms with Crippen molar-refractivity contribution in [3.63, 3.8) is 0 Å². The van der Waals surface area contributed by atoms with Gasteiger partial charge in [0.15, 0.2) is 0 Å². The predicted molar refractivity (Wildman–Crippen MR) is 75.8 cm³/mol. The maximum Gasteiger partial charge on any atom is 0.0235 e. The maximum atomic E-state index is 3.54. The van der Waals surface area contributed by atoms with Gasteiger partial charge in [-0.05, 0) is 65.1 Å². The van der Waals surface area contributed by atoms with Crippen LogP contribution < -0.4 is 5.32 Å². The van der Waals surface area contributed by atoms with Crippen LogP contribution in [0.3, 0.4) is 0 Å². The van der Waals surface area contributed by atoms with Crippen molar-refractivity contribution < 1.29 is 0 Å². The van der Waals surface area contributed by atoms with Gasteiger partial charge in [-0.3, -0.25) is 4.90 Å². The highest BCUT2D eigenvalue weighted by molar-refractivity contribution is 4.96. The van der Waals surface area contributed by atoms with Crippen LogP contribution in [0.15, 0.2) is 0 Å². The van der Waals surface area contributed by atoms with Gasteiger partial charge < -0.3 is 10.2 Å². The Balaban J connectivity index is 1.48. The third-order valence-corrected chi connectivity index (χ3v) is 5.19. The highest BCUT2D eigenvalue weighted by Gasteiger charge is 2.40. The van der Waals surface area contributed by atoms with Gasteiger partial charge >= 0.3 is 0 Å². The van der Waals surface area contributed by atoms with Gasteiger partial charge in [-0.15, -0.1) is 0 Å². The van der Waals surface area contributed by atoms with Crippen molar-refractivity contribution in [2.75, 3.05) is 33.2 Å². The average Bonchev–Trinajstić information content (AvgIpc) is 3.14. The first kappa shape index (κ1) is 12.9. The summed E-state index contributed by atoms with van der Waals surface area (Å²) in [6, 6.07) is 2.56. The number of likely N-dealkylation sites (N-methyl/N-ethyl adjacent to an activating group) is 1. The summed E-state index contributed by atoms with van der Waals surface area (Å²) >= 11 is 0. The second-order valence-electron chi connectivity index (χ2n) is 6.82. The summed E-state index contributed by atoms with van der Waals surface area (Å²) in [5.41, 5.74) is 0. The van der Waals surface area contributed by atoms with E-state index in [-0.39, 0.29) is 0 Å². The standard InChI is InChI=1S/C15H29N3/c1-12-8-15(11-18(12)14-5-6-14)17(2)10-13-4-3-7-16-9-13/h12-16H,3-11H2,1-2H3. The fourth-order valence-corrected chi connectivity index (χ4v) is 3.90. The molecule has 3 nitrogen and oxygen atoms in total. The first-order chi connectivity index (χ1) is 8.74. The summed E-state index contributed by atoms with van der Waals surface area (Å²) in [7, 11) is 2.35. The third kappa shape index (κ3) is 2.89. The summed E-state index contributed by atoms with van der Waals surface area (Å²) in [6.45, 7) is 7.51. The van der Waals surface area contributed by atoms with Gasteiger partial charge in [-0.1, -0.05) is 0 Å². The van der Waals surface area contributed by atoms with Crippen molar-refractivity contribution in [1.29, 1.82) is 0 Å². The smallest absolute Gasteiger partial charge is 0.0235 e. The molecule has 0 bridgehead atoms. The Morgan fingerprint density at radius 3 is 2.78 bits per heavy atom. The Hall–Kier alpha value is -0.120. The van der Waals surface area contributed by atoms with E-state index >= 15 is 0 Å².